The highest BCUT2D eigenvalue weighted by molar-refractivity contribution is 6.79. The summed E-state index contributed by atoms with van der Waals surface area (Å²) in [4.78, 5) is 17.3. The number of aromatic nitrogens is 1. The number of pyridine rings is 1. The van der Waals surface area contributed by atoms with E-state index in [1.54, 1.807) is 10.3 Å². The van der Waals surface area contributed by atoms with E-state index in [0.717, 1.165) is 6.07 Å². The van der Waals surface area contributed by atoms with Gasteiger partial charge >= 0.3 is 0 Å². The largest absolute Gasteiger partial charge is 0.493 e. The third-order valence-corrected chi connectivity index (χ3v) is 11.4. The second kappa shape index (κ2) is 8.20. The zero-order valence-corrected chi connectivity index (χ0v) is 20.1. The molecule has 0 amide bonds. The Hall–Kier alpha value is -2.51. The van der Waals surface area contributed by atoms with Gasteiger partial charge in [-0.3, -0.25) is 9.79 Å². The number of methoxy groups -OCH3 is 1. The lowest BCUT2D eigenvalue weighted by atomic mass is 10.1. The van der Waals surface area contributed by atoms with Crippen molar-refractivity contribution >= 4 is 42.6 Å². The summed E-state index contributed by atoms with van der Waals surface area (Å²) in [5.74, 6) is -1.14. The van der Waals surface area contributed by atoms with Crippen LogP contribution in [-0.2, 0) is 0 Å². The molecular formula is C23H25ClF2N2O2Si. The first kappa shape index (κ1) is 23.2. The normalized spacial score (nSPS) is 12.7. The van der Waals surface area contributed by atoms with Crippen LogP contribution in [0.3, 0.4) is 0 Å². The molecular weight excluding hydrogens is 438 g/mol. The van der Waals surface area contributed by atoms with Crippen LogP contribution in [0.15, 0.2) is 46.2 Å². The first-order valence-electron chi connectivity index (χ1n) is 9.79. The summed E-state index contributed by atoms with van der Waals surface area (Å²) in [6.07, 6.45) is 1.38. The molecule has 0 bridgehead atoms. The zero-order chi connectivity index (χ0) is 23.1. The molecule has 0 unspecified atom stereocenters. The molecule has 0 saturated heterocycles. The van der Waals surface area contributed by atoms with Gasteiger partial charge in [-0.25, -0.2) is 8.78 Å². The van der Waals surface area contributed by atoms with E-state index in [1.165, 1.54) is 37.6 Å². The Morgan fingerprint density at radius 3 is 2.42 bits per heavy atom. The molecule has 164 valence electrons. The van der Waals surface area contributed by atoms with Gasteiger partial charge in [0.2, 0.25) is 5.56 Å². The summed E-state index contributed by atoms with van der Waals surface area (Å²) in [5.41, 5.74) is 0.973. The Balaban J connectivity index is 2.27. The molecule has 31 heavy (non-hydrogen) atoms. The number of rotatable bonds is 4. The van der Waals surface area contributed by atoms with Crippen LogP contribution in [0.5, 0.6) is 5.75 Å². The molecule has 4 nitrogen and oxygen atoms in total. The molecule has 1 aromatic heterocycles. The van der Waals surface area contributed by atoms with Crippen LogP contribution in [0, 0.1) is 11.6 Å². The maximum Gasteiger partial charge on any atom is 0.243 e. The van der Waals surface area contributed by atoms with Gasteiger partial charge in [-0.15, -0.1) is 0 Å². The average molecular weight is 463 g/mol. The smallest absolute Gasteiger partial charge is 0.243 e. The lowest BCUT2D eigenvalue weighted by Crippen LogP contribution is -2.50. The van der Waals surface area contributed by atoms with Crippen LogP contribution < -0.4 is 10.3 Å². The van der Waals surface area contributed by atoms with E-state index in [9.17, 15) is 13.6 Å². The van der Waals surface area contributed by atoms with Gasteiger partial charge in [-0.05, 0) is 29.3 Å². The lowest BCUT2D eigenvalue weighted by molar-refractivity contribution is 0.386. The van der Waals surface area contributed by atoms with Crippen molar-refractivity contribution in [3.63, 3.8) is 0 Å². The molecule has 0 radical (unpaired) electrons. The lowest BCUT2D eigenvalue weighted by Gasteiger charge is -2.39. The molecule has 0 spiro atoms. The fraction of sp³-hybridized carbons (Fsp3) is 0.304. The molecule has 0 atom stereocenters. The molecule has 0 aliphatic carbocycles. The Labute approximate surface area is 186 Å². The summed E-state index contributed by atoms with van der Waals surface area (Å²) in [5, 5.41) is 0.672. The molecule has 8 heteroatoms. The van der Waals surface area contributed by atoms with Crippen LogP contribution in [0.25, 0.3) is 10.9 Å². The van der Waals surface area contributed by atoms with Gasteiger partial charge < -0.3 is 8.97 Å². The van der Waals surface area contributed by atoms with Crippen molar-refractivity contribution < 1.29 is 13.5 Å². The minimum atomic E-state index is -2.35. The molecule has 3 aromatic rings. The number of aliphatic imine (C=N–C) groups is 1. The van der Waals surface area contributed by atoms with Crippen molar-refractivity contribution in [2.24, 2.45) is 4.99 Å². The molecule has 1 heterocycles. The Morgan fingerprint density at radius 2 is 1.81 bits per heavy atom. The molecule has 0 aliphatic rings. The predicted molar refractivity (Wildman–Crippen MR) is 126 cm³/mol. The van der Waals surface area contributed by atoms with E-state index in [1.807, 2.05) is 0 Å². The number of hydrogen-bond acceptors (Lipinski definition) is 3. The maximum absolute atomic E-state index is 14.6. The first-order valence-corrected chi connectivity index (χ1v) is 13.1. The van der Waals surface area contributed by atoms with E-state index in [0.29, 0.717) is 22.2 Å². The first-order chi connectivity index (χ1) is 14.4. The number of halogens is 3. The molecule has 0 N–H and O–H groups in total. The van der Waals surface area contributed by atoms with E-state index >= 15 is 0 Å². The van der Waals surface area contributed by atoms with E-state index in [-0.39, 0.29) is 21.4 Å². The van der Waals surface area contributed by atoms with E-state index in [4.69, 9.17) is 16.3 Å². The van der Waals surface area contributed by atoms with E-state index < -0.39 is 19.9 Å². The van der Waals surface area contributed by atoms with Gasteiger partial charge in [0.1, 0.15) is 5.82 Å². The van der Waals surface area contributed by atoms with Gasteiger partial charge in [0.15, 0.2) is 19.8 Å². The Bertz CT molecular complexity index is 1250. The fourth-order valence-corrected chi connectivity index (χ4v) is 5.64. The second-order valence-corrected chi connectivity index (χ2v) is 14.4. The highest BCUT2D eigenvalue weighted by atomic mass is 35.5. The Kier molecular flexibility index (Phi) is 6.13. The minimum Gasteiger partial charge on any atom is -0.493 e. The van der Waals surface area contributed by atoms with Gasteiger partial charge in [0.05, 0.1) is 12.8 Å². The minimum absolute atomic E-state index is 0.00737. The van der Waals surface area contributed by atoms with Crippen LogP contribution >= 0.6 is 11.6 Å². The number of ether oxygens (including phenoxy) is 1. The number of nitrogens with zero attached hydrogens (tertiary/aromatic N) is 2. The topological polar surface area (TPSA) is 43.6 Å². The van der Waals surface area contributed by atoms with Gasteiger partial charge in [0.25, 0.3) is 0 Å². The molecule has 3 rings (SSSR count). The molecule has 0 saturated carbocycles. The summed E-state index contributed by atoms with van der Waals surface area (Å²) < 4.78 is 35.6. The summed E-state index contributed by atoms with van der Waals surface area (Å²) in [7, 11) is -1.01. The van der Waals surface area contributed by atoms with Crippen molar-refractivity contribution in [1.82, 2.24) is 4.23 Å². The number of fused-ring (bicyclic) bond motifs is 1. The Morgan fingerprint density at radius 1 is 1.13 bits per heavy atom. The van der Waals surface area contributed by atoms with Gasteiger partial charge in [0, 0.05) is 39.8 Å². The second-order valence-electron chi connectivity index (χ2n) is 8.94. The number of benzene rings is 2. The predicted octanol–water partition coefficient (Wildman–Crippen LogP) is 6.55. The molecule has 2 aromatic carbocycles. The van der Waals surface area contributed by atoms with Crippen molar-refractivity contribution in [2.45, 2.75) is 38.9 Å². The van der Waals surface area contributed by atoms with Crippen molar-refractivity contribution in [1.29, 1.82) is 0 Å². The van der Waals surface area contributed by atoms with Gasteiger partial charge in [-0.2, -0.15) is 0 Å². The monoisotopic (exact) mass is 462 g/mol. The third-order valence-electron chi connectivity index (χ3n) is 5.93. The molecule has 0 aliphatic heterocycles. The maximum atomic E-state index is 14.6. The van der Waals surface area contributed by atoms with Crippen LogP contribution in [0.4, 0.5) is 14.5 Å². The average Bonchev–Trinajstić information content (AvgIpc) is 2.64. The summed E-state index contributed by atoms with van der Waals surface area (Å²) in [6.45, 7) is 10.4. The highest BCUT2D eigenvalue weighted by Gasteiger charge is 2.39. The van der Waals surface area contributed by atoms with Crippen molar-refractivity contribution in [3.05, 3.63) is 69.0 Å². The van der Waals surface area contributed by atoms with Gasteiger partial charge in [-0.1, -0.05) is 45.5 Å². The molecule has 0 fully saturated rings. The zero-order valence-electron chi connectivity index (χ0n) is 18.4. The summed E-state index contributed by atoms with van der Waals surface area (Å²) >= 11 is 5.96. The van der Waals surface area contributed by atoms with Crippen LogP contribution in [0.1, 0.15) is 26.3 Å². The van der Waals surface area contributed by atoms with E-state index in [2.05, 4.69) is 38.9 Å². The van der Waals surface area contributed by atoms with Crippen LogP contribution in [0.2, 0.25) is 23.2 Å². The quantitative estimate of drug-likeness (QED) is 0.326. The van der Waals surface area contributed by atoms with Crippen LogP contribution in [-0.4, -0.2) is 25.8 Å². The SMILES string of the molecule is COc1c(F)cc(Cl)cc1/C=N/c1cc(F)cc2c1ccc(=O)n2[Si](C)(C)C(C)(C)C. The third kappa shape index (κ3) is 4.29. The summed E-state index contributed by atoms with van der Waals surface area (Å²) in [6, 6.07) is 8.44. The standard InChI is InChI=1S/C23H25ClF2N2O2Si/c1-23(2,3)31(5,6)28-20-12-16(25)11-19(17(20)7-8-21(28)29)27-13-14-9-15(24)10-18(26)22(14)30-4/h7-13H,1-6H3/b27-13+. The van der Waals surface area contributed by atoms with Crippen molar-refractivity contribution in [2.75, 3.05) is 7.11 Å². The number of hydrogen-bond donors (Lipinski definition) is 0. The van der Waals surface area contributed by atoms with Crippen molar-refractivity contribution in [3.8, 4) is 5.75 Å². The fourth-order valence-electron chi connectivity index (χ4n) is 3.34. The highest BCUT2D eigenvalue weighted by Crippen LogP contribution is 2.38.